The van der Waals surface area contributed by atoms with Crippen molar-refractivity contribution in [1.29, 1.82) is 0 Å². The molecule has 0 saturated heterocycles. The van der Waals surface area contributed by atoms with Gasteiger partial charge in [0, 0.05) is 34.0 Å². The molecule has 0 atom stereocenters. The zero-order valence-electron chi connectivity index (χ0n) is 10.3. The molecule has 1 aliphatic carbocycles. The lowest BCUT2D eigenvalue weighted by atomic mass is 10.0. The summed E-state index contributed by atoms with van der Waals surface area (Å²) in [7, 11) is 0. The number of rotatable bonds is 1. The number of carbonyl (C=O) groups is 1. The Morgan fingerprint density at radius 1 is 1.00 bits per heavy atom. The summed E-state index contributed by atoms with van der Waals surface area (Å²) in [5.41, 5.74) is 10.1. The molecule has 0 fully saturated rings. The van der Waals surface area contributed by atoms with Crippen molar-refractivity contribution in [3.05, 3.63) is 54.1 Å². The molecule has 4 nitrogen and oxygen atoms in total. The Kier molecular flexibility index (Phi) is 2.25. The van der Waals surface area contributed by atoms with Crippen molar-refractivity contribution < 1.29 is 4.79 Å². The molecular formula is C15H9N3OS. The van der Waals surface area contributed by atoms with E-state index in [1.807, 2.05) is 24.3 Å². The van der Waals surface area contributed by atoms with Crippen LogP contribution in [0.3, 0.4) is 0 Å². The van der Waals surface area contributed by atoms with Gasteiger partial charge >= 0.3 is 0 Å². The fraction of sp³-hybridized carbons (Fsp3) is 0. The maximum Gasteiger partial charge on any atom is 0.197 e. The Labute approximate surface area is 118 Å². The van der Waals surface area contributed by atoms with Gasteiger partial charge < -0.3 is 5.73 Å². The number of hydrogen-bond acceptors (Lipinski definition) is 5. The van der Waals surface area contributed by atoms with Crippen LogP contribution in [0.25, 0.3) is 21.6 Å². The lowest BCUT2D eigenvalue weighted by Gasteiger charge is -2.02. The predicted molar refractivity (Wildman–Crippen MR) is 78.6 cm³/mol. The van der Waals surface area contributed by atoms with E-state index in [0.717, 1.165) is 27.1 Å². The molecule has 4 rings (SSSR count). The van der Waals surface area contributed by atoms with Crippen molar-refractivity contribution in [3.8, 4) is 21.6 Å². The highest BCUT2D eigenvalue weighted by atomic mass is 32.1. The summed E-state index contributed by atoms with van der Waals surface area (Å²) in [5.74, 6) is 0.00690. The van der Waals surface area contributed by atoms with E-state index in [0.29, 0.717) is 10.6 Å². The monoisotopic (exact) mass is 279 g/mol. The van der Waals surface area contributed by atoms with Gasteiger partial charge in [-0.1, -0.05) is 24.3 Å². The lowest BCUT2D eigenvalue weighted by molar-refractivity contribution is 0.104. The number of hydrogen-bond donors (Lipinski definition) is 1. The molecule has 0 saturated carbocycles. The van der Waals surface area contributed by atoms with E-state index in [-0.39, 0.29) is 5.78 Å². The average Bonchev–Trinajstić information content (AvgIpc) is 2.98. The maximum atomic E-state index is 12.4. The number of thiophene rings is 1. The molecule has 2 N–H and O–H groups in total. The normalized spacial score (nSPS) is 12.3. The molecule has 0 amide bonds. The third-order valence-corrected chi connectivity index (χ3v) is 4.49. The number of carbonyl (C=O) groups excluding carboxylic acids is 1. The van der Waals surface area contributed by atoms with E-state index >= 15 is 0 Å². The molecule has 5 heteroatoms. The minimum atomic E-state index is 0.00690. The van der Waals surface area contributed by atoms with Crippen LogP contribution in [0.2, 0.25) is 0 Å². The van der Waals surface area contributed by atoms with E-state index < -0.39 is 0 Å². The zero-order valence-corrected chi connectivity index (χ0v) is 11.1. The highest BCUT2D eigenvalue weighted by Gasteiger charge is 2.33. The third-order valence-electron chi connectivity index (χ3n) is 3.43. The van der Waals surface area contributed by atoms with Crippen LogP contribution in [0, 0.1) is 0 Å². The molecule has 96 valence electrons. The van der Waals surface area contributed by atoms with Gasteiger partial charge in [-0.2, -0.15) is 0 Å². The number of nitrogens with two attached hydrogens (primary N) is 1. The number of ketones is 1. The van der Waals surface area contributed by atoms with Crippen LogP contribution in [-0.4, -0.2) is 15.8 Å². The Balaban J connectivity index is 2.07. The largest absolute Gasteiger partial charge is 0.390 e. The maximum absolute atomic E-state index is 12.4. The van der Waals surface area contributed by atoms with Crippen molar-refractivity contribution in [2.24, 2.45) is 0 Å². The molecule has 0 spiro atoms. The fourth-order valence-electron chi connectivity index (χ4n) is 2.58. The summed E-state index contributed by atoms with van der Waals surface area (Å²) in [4.78, 5) is 21.5. The highest BCUT2D eigenvalue weighted by Crippen LogP contribution is 2.50. The first-order valence-corrected chi connectivity index (χ1v) is 6.91. The Morgan fingerprint density at radius 3 is 2.45 bits per heavy atom. The molecule has 1 aromatic carbocycles. The van der Waals surface area contributed by atoms with Gasteiger partial charge in [0.2, 0.25) is 0 Å². The van der Waals surface area contributed by atoms with Gasteiger partial charge in [0.25, 0.3) is 0 Å². The lowest BCUT2D eigenvalue weighted by Crippen LogP contribution is -1.97. The van der Waals surface area contributed by atoms with Crippen LogP contribution in [0.15, 0.2) is 43.0 Å². The number of aromatic nitrogens is 2. The van der Waals surface area contributed by atoms with Crippen molar-refractivity contribution in [1.82, 2.24) is 9.97 Å². The van der Waals surface area contributed by atoms with Gasteiger partial charge in [-0.15, -0.1) is 11.3 Å². The van der Waals surface area contributed by atoms with Crippen molar-refractivity contribution >= 4 is 22.1 Å². The molecule has 0 radical (unpaired) electrons. The second-order valence-corrected chi connectivity index (χ2v) is 5.60. The van der Waals surface area contributed by atoms with Crippen LogP contribution < -0.4 is 5.73 Å². The number of anilines is 1. The number of nitrogens with zero attached hydrogens (tertiary/aromatic N) is 2. The standard InChI is InChI=1S/C15H9N3OS/c16-15-12-11(9-3-1-2-4-10(9)13(12)19)14(20-15)8-5-17-7-18-6-8/h1-7H,16H2. The van der Waals surface area contributed by atoms with Gasteiger partial charge in [-0.25, -0.2) is 9.97 Å². The second kappa shape index (κ2) is 3.98. The van der Waals surface area contributed by atoms with E-state index in [1.165, 1.54) is 17.7 Å². The quantitative estimate of drug-likeness (QED) is 0.581. The van der Waals surface area contributed by atoms with Crippen LogP contribution in [0.1, 0.15) is 15.9 Å². The van der Waals surface area contributed by atoms with Gasteiger partial charge in [0.1, 0.15) is 6.33 Å². The van der Waals surface area contributed by atoms with Crippen LogP contribution >= 0.6 is 11.3 Å². The molecule has 1 aliphatic rings. The summed E-state index contributed by atoms with van der Waals surface area (Å²) in [6.45, 7) is 0. The topological polar surface area (TPSA) is 68.9 Å². The molecule has 0 unspecified atom stereocenters. The Morgan fingerprint density at radius 2 is 1.70 bits per heavy atom. The number of nitrogen functional groups attached to an aromatic ring is 1. The molecule has 3 aromatic rings. The summed E-state index contributed by atoms with van der Waals surface area (Å²) in [6, 6.07) is 7.60. The van der Waals surface area contributed by atoms with E-state index in [4.69, 9.17) is 5.73 Å². The first-order chi connectivity index (χ1) is 9.77. The van der Waals surface area contributed by atoms with Crippen molar-refractivity contribution in [2.45, 2.75) is 0 Å². The van der Waals surface area contributed by atoms with Crippen LogP contribution in [-0.2, 0) is 0 Å². The highest BCUT2D eigenvalue weighted by molar-refractivity contribution is 7.20. The van der Waals surface area contributed by atoms with Gasteiger partial charge in [0.05, 0.1) is 10.6 Å². The molecular weight excluding hydrogens is 270 g/mol. The molecule has 2 heterocycles. The SMILES string of the molecule is Nc1sc(-c2cncnc2)c2c1C(=O)c1ccccc1-2. The molecule has 0 bridgehead atoms. The number of benzene rings is 1. The third kappa shape index (κ3) is 1.38. The predicted octanol–water partition coefficient (Wildman–Crippen LogP) is 3.00. The average molecular weight is 279 g/mol. The summed E-state index contributed by atoms with van der Waals surface area (Å²) >= 11 is 1.41. The Bertz CT molecular complexity index is 840. The van der Waals surface area contributed by atoms with Gasteiger partial charge in [0.15, 0.2) is 5.78 Å². The fourth-order valence-corrected chi connectivity index (χ4v) is 3.64. The van der Waals surface area contributed by atoms with Crippen LogP contribution in [0.5, 0.6) is 0 Å². The van der Waals surface area contributed by atoms with Gasteiger partial charge in [-0.05, 0) is 5.56 Å². The van der Waals surface area contributed by atoms with E-state index in [1.54, 1.807) is 12.4 Å². The molecule has 2 aromatic heterocycles. The van der Waals surface area contributed by atoms with Gasteiger partial charge in [-0.3, -0.25) is 4.79 Å². The molecule has 20 heavy (non-hydrogen) atoms. The number of fused-ring (bicyclic) bond motifs is 3. The second-order valence-electron chi connectivity index (χ2n) is 4.55. The van der Waals surface area contributed by atoms with Crippen molar-refractivity contribution in [3.63, 3.8) is 0 Å². The first-order valence-electron chi connectivity index (χ1n) is 6.09. The van der Waals surface area contributed by atoms with E-state index in [9.17, 15) is 4.79 Å². The molecule has 0 aliphatic heterocycles. The summed E-state index contributed by atoms with van der Waals surface area (Å²) in [6.07, 6.45) is 4.97. The summed E-state index contributed by atoms with van der Waals surface area (Å²) < 4.78 is 0. The zero-order chi connectivity index (χ0) is 13.7. The summed E-state index contributed by atoms with van der Waals surface area (Å²) in [5, 5.41) is 0.556. The van der Waals surface area contributed by atoms with E-state index in [2.05, 4.69) is 9.97 Å². The van der Waals surface area contributed by atoms with Crippen LogP contribution in [0.4, 0.5) is 5.00 Å². The first kappa shape index (κ1) is 11.3. The minimum absolute atomic E-state index is 0.00690. The minimum Gasteiger partial charge on any atom is -0.390 e. The smallest absolute Gasteiger partial charge is 0.197 e. The van der Waals surface area contributed by atoms with Crippen molar-refractivity contribution in [2.75, 3.05) is 5.73 Å². The Hall–Kier alpha value is -2.53.